The Balaban J connectivity index is 1.82. The number of nitrogens with one attached hydrogen (secondary N) is 1. The third kappa shape index (κ3) is 4.15. The first-order chi connectivity index (χ1) is 12.8. The Labute approximate surface area is 160 Å². The SMILES string of the molecule is CCN(CC)S(=O)(=O)c1ccc2nc(CSc3ccc(F)c(F)c3)[nH]c2c1. The van der Waals surface area contributed by atoms with Gasteiger partial charge >= 0.3 is 0 Å². The van der Waals surface area contributed by atoms with Crippen LogP contribution in [-0.4, -0.2) is 35.8 Å². The molecule has 0 aliphatic heterocycles. The minimum atomic E-state index is -3.54. The molecule has 2 aromatic carbocycles. The zero-order valence-corrected chi connectivity index (χ0v) is 16.5. The van der Waals surface area contributed by atoms with Crippen LogP contribution in [0.4, 0.5) is 8.78 Å². The lowest BCUT2D eigenvalue weighted by Crippen LogP contribution is -2.30. The minimum Gasteiger partial charge on any atom is -0.341 e. The zero-order valence-electron chi connectivity index (χ0n) is 14.9. The topological polar surface area (TPSA) is 66.1 Å². The molecule has 3 aromatic rings. The summed E-state index contributed by atoms with van der Waals surface area (Å²) in [6, 6.07) is 8.50. The van der Waals surface area contributed by atoms with Gasteiger partial charge in [-0.2, -0.15) is 4.31 Å². The molecule has 5 nitrogen and oxygen atoms in total. The first-order valence-electron chi connectivity index (χ1n) is 8.41. The summed E-state index contributed by atoms with van der Waals surface area (Å²) in [6.45, 7) is 4.39. The quantitative estimate of drug-likeness (QED) is 0.593. The van der Waals surface area contributed by atoms with Gasteiger partial charge in [0.1, 0.15) is 5.82 Å². The molecular weight excluding hydrogens is 392 g/mol. The molecule has 0 amide bonds. The molecule has 0 fully saturated rings. The lowest BCUT2D eigenvalue weighted by molar-refractivity contribution is 0.445. The fraction of sp³-hybridized carbons (Fsp3) is 0.278. The summed E-state index contributed by atoms with van der Waals surface area (Å²) >= 11 is 1.31. The number of thioether (sulfide) groups is 1. The van der Waals surface area contributed by atoms with Crippen molar-refractivity contribution in [2.75, 3.05) is 13.1 Å². The predicted octanol–water partition coefficient (Wildman–Crippen LogP) is 4.16. The van der Waals surface area contributed by atoms with Gasteiger partial charge in [-0.25, -0.2) is 22.2 Å². The van der Waals surface area contributed by atoms with E-state index in [2.05, 4.69) is 9.97 Å². The van der Waals surface area contributed by atoms with Crippen molar-refractivity contribution in [2.24, 2.45) is 0 Å². The van der Waals surface area contributed by atoms with Gasteiger partial charge < -0.3 is 4.98 Å². The van der Waals surface area contributed by atoms with Gasteiger partial charge in [0, 0.05) is 18.0 Å². The molecule has 0 aliphatic carbocycles. The van der Waals surface area contributed by atoms with Crippen LogP contribution in [0.5, 0.6) is 0 Å². The second-order valence-electron chi connectivity index (χ2n) is 5.82. The maximum Gasteiger partial charge on any atom is 0.243 e. The lowest BCUT2D eigenvalue weighted by atomic mass is 10.3. The number of halogens is 2. The molecule has 144 valence electrons. The number of H-pyrrole nitrogens is 1. The van der Waals surface area contributed by atoms with Crippen molar-refractivity contribution in [3.05, 3.63) is 53.9 Å². The molecule has 0 bridgehead atoms. The van der Waals surface area contributed by atoms with E-state index in [9.17, 15) is 17.2 Å². The van der Waals surface area contributed by atoms with Crippen LogP contribution >= 0.6 is 11.8 Å². The third-order valence-corrected chi connectivity index (χ3v) is 7.16. The Morgan fingerprint density at radius 1 is 1.07 bits per heavy atom. The van der Waals surface area contributed by atoms with Crippen LogP contribution in [0.15, 0.2) is 46.2 Å². The van der Waals surface area contributed by atoms with Gasteiger partial charge in [-0.3, -0.25) is 0 Å². The number of imidazole rings is 1. The van der Waals surface area contributed by atoms with Gasteiger partial charge in [0.25, 0.3) is 0 Å². The van der Waals surface area contributed by atoms with E-state index >= 15 is 0 Å². The van der Waals surface area contributed by atoms with Crippen molar-refractivity contribution in [1.29, 1.82) is 0 Å². The Bertz CT molecular complexity index is 1060. The second kappa shape index (κ2) is 7.95. The Hall–Kier alpha value is -1.97. The average Bonchev–Trinajstić information content (AvgIpc) is 3.05. The average molecular weight is 411 g/mol. The molecule has 1 aromatic heterocycles. The molecule has 0 radical (unpaired) electrons. The second-order valence-corrected chi connectivity index (χ2v) is 8.80. The molecule has 9 heteroatoms. The number of fused-ring (bicyclic) bond motifs is 1. The summed E-state index contributed by atoms with van der Waals surface area (Å²) in [4.78, 5) is 8.31. The first kappa shape index (κ1) is 19.8. The summed E-state index contributed by atoms with van der Waals surface area (Å²) in [7, 11) is -3.54. The molecule has 0 spiro atoms. The van der Waals surface area contributed by atoms with E-state index < -0.39 is 21.7 Å². The van der Waals surface area contributed by atoms with E-state index in [1.807, 2.05) is 0 Å². The van der Waals surface area contributed by atoms with Crippen LogP contribution in [0.1, 0.15) is 19.7 Å². The smallest absolute Gasteiger partial charge is 0.243 e. The molecule has 3 rings (SSSR count). The molecule has 0 atom stereocenters. The molecule has 1 heterocycles. The number of rotatable bonds is 7. The highest BCUT2D eigenvalue weighted by molar-refractivity contribution is 7.98. The lowest BCUT2D eigenvalue weighted by Gasteiger charge is -2.18. The third-order valence-electron chi connectivity index (χ3n) is 4.11. The first-order valence-corrected chi connectivity index (χ1v) is 10.8. The molecule has 0 saturated carbocycles. The van der Waals surface area contributed by atoms with Crippen LogP contribution in [0.3, 0.4) is 0 Å². The van der Waals surface area contributed by atoms with E-state index in [-0.39, 0.29) is 4.90 Å². The molecule has 0 saturated heterocycles. The zero-order chi connectivity index (χ0) is 19.6. The number of hydrogen-bond acceptors (Lipinski definition) is 4. The van der Waals surface area contributed by atoms with Crippen molar-refractivity contribution in [3.8, 4) is 0 Å². The van der Waals surface area contributed by atoms with Gasteiger partial charge in [0.05, 0.1) is 21.7 Å². The van der Waals surface area contributed by atoms with E-state index in [1.54, 1.807) is 32.0 Å². The number of hydrogen-bond donors (Lipinski definition) is 1. The van der Waals surface area contributed by atoms with Crippen LogP contribution in [0, 0.1) is 11.6 Å². The highest BCUT2D eigenvalue weighted by atomic mass is 32.2. The van der Waals surface area contributed by atoms with Crippen molar-refractivity contribution in [1.82, 2.24) is 14.3 Å². The Morgan fingerprint density at radius 2 is 1.81 bits per heavy atom. The van der Waals surface area contributed by atoms with Gasteiger partial charge in [-0.05, 0) is 36.4 Å². The molecule has 0 aliphatic rings. The maximum atomic E-state index is 13.3. The summed E-state index contributed by atoms with van der Waals surface area (Å²) in [5, 5.41) is 0. The van der Waals surface area contributed by atoms with Gasteiger partial charge in [0.2, 0.25) is 10.0 Å². The van der Waals surface area contributed by atoms with Gasteiger partial charge in [-0.15, -0.1) is 11.8 Å². The standard InChI is InChI=1S/C18H19F2N3O2S2/c1-3-23(4-2)27(24,25)13-6-8-16-17(10-13)22-18(21-16)11-26-12-5-7-14(19)15(20)9-12/h5-10H,3-4,11H2,1-2H3,(H,21,22). The van der Waals surface area contributed by atoms with E-state index in [4.69, 9.17) is 0 Å². The fourth-order valence-corrected chi connectivity index (χ4v) is 4.98. The van der Waals surface area contributed by atoms with E-state index in [0.29, 0.717) is 40.6 Å². The minimum absolute atomic E-state index is 0.210. The number of sulfonamides is 1. The van der Waals surface area contributed by atoms with Crippen LogP contribution in [0.2, 0.25) is 0 Å². The highest BCUT2D eigenvalue weighted by Gasteiger charge is 2.22. The fourth-order valence-electron chi connectivity index (χ4n) is 2.70. The van der Waals surface area contributed by atoms with E-state index in [0.717, 1.165) is 12.1 Å². The van der Waals surface area contributed by atoms with E-state index in [1.165, 1.54) is 22.1 Å². The maximum absolute atomic E-state index is 13.3. The Morgan fingerprint density at radius 3 is 2.48 bits per heavy atom. The monoisotopic (exact) mass is 411 g/mol. The van der Waals surface area contributed by atoms with Gasteiger partial charge in [0.15, 0.2) is 11.6 Å². The molecular formula is C18H19F2N3O2S2. The largest absolute Gasteiger partial charge is 0.341 e. The highest BCUT2D eigenvalue weighted by Crippen LogP contribution is 2.26. The van der Waals surface area contributed by atoms with Crippen molar-refractivity contribution in [2.45, 2.75) is 29.4 Å². The molecule has 1 N–H and O–H groups in total. The summed E-state index contributed by atoms with van der Waals surface area (Å²) in [5.41, 5.74) is 1.26. The van der Waals surface area contributed by atoms with Crippen LogP contribution in [-0.2, 0) is 15.8 Å². The van der Waals surface area contributed by atoms with Gasteiger partial charge in [-0.1, -0.05) is 13.8 Å². The summed E-state index contributed by atoms with van der Waals surface area (Å²) in [5.74, 6) is -0.740. The summed E-state index contributed by atoms with van der Waals surface area (Å²) in [6.07, 6.45) is 0. The summed E-state index contributed by atoms with van der Waals surface area (Å²) < 4.78 is 52.9. The van der Waals surface area contributed by atoms with Crippen LogP contribution < -0.4 is 0 Å². The number of aromatic nitrogens is 2. The normalized spacial score (nSPS) is 12.2. The van der Waals surface area contributed by atoms with Crippen molar-refractivity contribution < 1.29 is 17.2 Å². The van der Waals surface area contributed by atoms with Crippen molar-refractivity contribution in [3.63, 3.8) is 0 Å². The Kier molecular flexibility index (Phi) is 5.83. The molecule has 0 unspecified atom stereocenters. The van der Waals surface area contributed by atoms with Crippen molar-refractivity contribution >= 4 is 32.8 Å². The number of aromatic amines is 1. The molecule has 27 heavy (non-hydrogen) atoms. The number of benzene rings is 2. The number of nitrogens with zero attached hydrogens (tertiary/aromatic N) is 2. The van der Waals surface area contributed by atoms with Crippen LogP contribution in [0.25, 0.3) is 11.0 Å². The predicted molar refractivity (Wildman–Crippen MR) is 102 cm³/mol.